The van der Waals surface area contributed by atoms with Crippen molar-refractivity contribution in [3.05, 3.63) is 0 Å². The molecule has 0 unspecified atom stereocenters. The Morgan fingerprint density at radius 3 is 2.55 bits per heavy atom. The molecule has 4 heteroatoms. The van der Waals surface area contributed by atoms with Crippen molar-refractivity contribution in [3.63, 3.8) is 0 Å². The van der Waals surface area contributed by atoms with Crippen LogP contribution in [0.15, 0.2) is 0 Å². The number of thiocarbonyl (C=S) groups is 1. The Balaban J connectivity index is -0.000000405. The Labute approximate surface area is 103 Å². The maximum atomic E-state index is 4.98. The van der Waals surface area contributed by atoms with E-state index in [2.05, 4.69) is 31.8 Å². The molecular formula is C7H15NaOS2. The van der Waals surface area contributed by atoms with Gasteiger partial charge >= 0.3 is 29.6 Å². The third-order valence-corrected chi connectivity index (χ3v) is 1.47. The summed E-state index contributed by atoms with van der Waals surface area (Å²) in [6, 6.07) is 0. The summed E-state index contributed by atoms with van der Waals surface area (Å²) >= 11 is 8.45. The average molecular weight is 202 g/mol. The van der Waals surface area contributed by atoms with Gasteiger partial charge in [0.05, 0.1) is 6.61 Å². The normalized spacial score (nSPS) is 8.55. The third-order valence-electron chi connectivity index (χ3n) is 1.22. The molecule has 0 aliphatic rings. The first-order valence-electron chi connectivity index (χ1n) is 3.63. The van der Waals surface area contributed by atoms with Crippen LogP contribution in [0.4, 0.5) is 0 Å². The second kappa shape index (κ2) is 11.2. The number of hydrogen-bond donors (Lipinski definition) is 1. The van der Waals surface area contributed by atoms with E-state index in [1.54, 1.807) is 0 Å². The van der Waals surface area contributed by atoms with Crippen LogP contribution in [0.1, 0.15) is 34.0 Å². The second-order valence-corrected chi connectivity index (χ2v) is 3.25. The maximum Gasteiger partial charge on any atom is 1.00 e. The summed E-state index contributed by atoms with van der Waals surface area (Å²) in [6.07, 6.45) is 4.86. The van der Waals surface area contributed by atoms with E-state index in [1.165, 1.54) is 19.3 Å². The number of unbranched alkanes of at least 4 members (excludes halogenated alkanes) is 3. The molecule has 0 atom stereocenters. The van der Waals surface area contributed by atoms with Crippen LogP contribution < -0.4 is 29.6 Å². The van der Waals surface area contributed by atoms with Crippen molar-refractivity contribution in [1.29, 1.82) is 0 Å². The molecule has 0 radical (unpaired) electrons. The third kappa shape index (κ3) is 14.1. The topological polar surface area (TPSA) is 9.23 Å². The molecule has 0 bridgehead atoms. The molecule has 0 spiro atoms. The number of hydrogen-bond acceptors (Lipinski definition) is 2. The van der Waals surface area contributed by atoms with Crippen molar-refractivity contribution in [2.45, 2.75) is 32.6 Å². The van der Waals surface area contributed by atoms with Crippen molar-refractivity contribution in [2.24, 2.45) is 0 Å². The molecule has 0 saturated carbocycles. The first-order chi connectivity index (χ1) is 4.77. The minimum atomic E-state index is 0. The van der Waals surface area contributed by atoms with E-state index >= 15 is 0 Å². The minimum absolute atomic E-state index is 0. The fraction of sp³-hybridized carbons (Fsp3) is 0.857. The molecule has 0 saturated heterocycles. The fourth-order valence-corrected chi connectivity index (χ4v) is 0.863. The van der Waals surface area contributed by atoms with E-state index < -0.39 is 0 Å². The summed E-state index contributed by atoms with van der Waals surface area (Å²) in [7, 11) is 0. The van der Waals surface area contributed by atoms with Gasteiger partial charge in [-0.3, -0.25) is 0 Å². The molecule has 0 aliphatic heterocycles. The van der Waals surface area contributed by atoms with Gasteiger partial charge < -0.3 is 6.16 Å². The first kappa shape index (κ1) is 14.7. The molecule has 0 heterocycles. The van der Waals surface area contributed by atoms with Crippen molar-refractivity contribution in [3.8, 4) is 0 Å². The molecule has 0 amide bonds. The van der Waals surface area contributed by atoms with E-state index in [0.717, 1.165) is 13.0 Å². The molecule has 11 heavy (non-hydrogen) atoms. The smallest absolute Gasteiger partial charge is 1.00 e. The Bertz CT molecular complexity index is 103. The van der Waals surface area contributed by atoms with Crippen LogP contribution in [-0.2, 0) is 4.74 Å². The number of ether oxygens (including phenoxy) is 1. The van der Waals surface area contributed by atoms with Crippen molar-refractivity contribution < 1.29 is 35.7 Å². The van der Waals surface area contributed by atoms with Crippen LogP contribution in [0.2, 0.25) is 0 Å². The summed E-state index contributed by atoms with van der Waals surface area (Å²) in [6.45, 7) is 2.91. The second-order valence-electron chi connectivity index (χ2n) is 2.18. The van der Waals surface area contributed by atoms with Gasteiger partial charge in [-0.25, -0.2) is 0 Å². The van der Waals surface area contributed by atoms with E-state index in [1.807, 2.05) is 0 Å². The Kier molecular flexibility index (Phi) is 15.1. The molecule has 0 aromatic carbocycles. The van der Waals surface area contributed by atoms with Crippen molar-refractivity contribution in [1.82, 2.24) is 0 Å². The first-order valence-corrected chi connectivity index (χ1v) is 4.48. The van der Waals surface area contributed by atoms with Gasteiger partial charge in [-0.2, -0.15) is 0 Å². The van der Waals surface area contributed by atoms with Gasteiger partial charge in [0.25, 0.3) is 0 Å². The largest absolute Gasteiger partial charge is 1.00 e. The fourth-order valence-electron chi connectivity index (χ4n) is 0.688. The van der Waals surface area contributed by atoms with Gasteiger partial charge in [-0.1, -0.05) is 38.8 Å². The predicted molar refractivity (Wildman–Crippen MR) is 52.8 cm³/mol. The molecule has 62 valence electrons. The predicted octanol–water partition coefficient (Wildman–Crippen LogP) is -0.0855. The summed E-state index contributed by atoms with van der Waals surface area (Å²) in [5, 5.41) is 0. The quantitative estimate of drug-likeness (QED) is 0.289. The Morgan fingerprint density at radius 2 is 2.09 bits per heavy atom. The standard InChI is InChI=1S/C7H14OS2.Na.H/c1-2-3-4-5-6-8-7(9)10;;/h2-6H2,1H3,(H,9,10);;/q;+1;-1. The van der Waals surface area contributed by atoms with Crippen LogP contribution in [0.25, 0.3) is 0 Å². The molecule has 1 nitrogen and oxygen atoms in total. The van der Waals surface area contributed by atoms with Gasteiger partial charge in [0.2, 0.25) is 4.38 Å². The van der Waals surface area contributed by atoms with Gasteiger partial charge in [-0.15, -0.1) is 0 Å². The van der Waals surface area contributed by atoms with Crippen LogP contribution in [0.3, 0.4) is 0 Å². The maximum absolute atomic E-state index is 4.98. The number of rotatable bonds is 5. The molecule has 0 fully saturated rings. The minimum Gasteiger partial charge on any atom is -1.00 e. The Morgan fingerprint density at radius 1 is 1.45 bits per heavy atom. The van der Waals surface area contributed by atoms with E-state index in [0.29, 0.717) is 4.38 Å². The molecule has 0 N–H and O–H groups in total. The summed E-state index contributed by atoms with van der Waals surface area (Å²) in [4.78, 5) is 0. The van der Waals surface area contributed by atoms with Crippen LogP contribution >= 0.6 is 24.8 Å². The summed E-state index contributed by atoms with van der Waals surface area (Å²) < 4.78 is 5.34. The summed E-state index contributed by atoms with van der Waals surface area (Å²) in [5.41, 5.74) is 0. The average Bonchev–Trinajstić information content (AvgIpc) is 1.87. The van der Waals surface area contributed by atoms with Gasteiger partial charge in [0.15, 0.2) is 0 Å². The molecular weight excluding hydrogens is 187 g/mol. The van der Waals surface area contributed by atoms with E-state index in [9.17, 15) is 0 Å². The summed E-state index contributed by atoms with van der Waals surface area (Å²) in [5.74, 6) is 0. The zero-order valence-electron chi connectivity index (χ0n) is 8.30. The van der Waals surface area contributed by atoms with Crippen LogP contribution in [-0.4, -0.2) is 11.0 Å². The van der Waals surface area contributed by atoms with Gasteiger partial charge in [-0.05, 0) is 18.6 Å². The Hall–Kier alpha value is 1.24. The molecule has 0 rings (SSSR count). The van der Waals surface area contributed by atoms with E-state index in [-0.39, 0.29) is 31.0 Å². The molecule has 0 aromatic rings. The number of thiol groups is 1. The zero-order valence-corrected chi connectivity index (χ0v) is 11.0. The van der Waals surface area contributed by atoms with Crippen LogP contribution in [0, 0.1) is 0 Å². The monoisotopic (exact) mass is 202 g/mol. The van der Waals surface area contributed by atoms with Gasteiger partial charge in [0.1, 0.15) is 0 Å². The SMILES string of the molecule is CCCCCCOC(=S)S.[H-].[Na+]. The van der Waals surface area contributed by atoms with E-state index in [4.69, 9.17) is 4.74 Å². The molecule has 0 aliphatic carbocycles. The van der Waals surface area contributed by atoms with Crippen LogP contribution in [0.5, 0.6) is 0 Å². The van der Waals surface area contributed by atoms with Crippen molar-refractivity contribution in [2.75, 3.05) is 6.61 Å². The van der Waals surface area contributed by atoms with Gasteiger partial charge in [0, 0.05) is 0 Å². The zero-order chi connectivity index (χ0) is 7.82. The molecule has 0 aromatic heterocycles. The van der Waals surface area contributed by atoms with Crippen molar-refractivity contribution >= 4 is 29.2 Å².